The molecule has 2 N–H and O–H groups in total. The number of hydrogen-bond donors (Lipinski definition) is 1. The molecule has 0 aliphatic rings. The molecule has 5 rings (SSSR count). The van der Waals surface area contributed by atoms with Gasteiger partial charge < -0.3 is 10.6 Å². The highest BCUT2D eigenvalue weighted by molar-refractivity contribution is 8.16. The second-order valence-corrected chi connectivity index (χ2v) is 13.2. The lowest BCUT2D eigenvalue weighted by molar-refractivity contribution is -0.130. The summed E-state index contributed by atoms with van der Waals surface area (Å²) in [6, 6.07) is 15.3. The van der Waals surface area contributed by atoms with Crippen LogP contribution in [-0.4, -0.2) is 36.5 Å². The Morgan fingerprint density at radius 2 is 1.50 bits per heavy atom. The number of thiazole rings is 3. The highest BCUT2D eigenvalue weighted by Crippen LogP contribution is 2.34. The summed E-state index contributed by atoms with van der Waals surface area (Å²) in [6.45, 7) is 3.19. The zero-order chi connectivity index (χ0) is 25.3. The Morgan fingerprint density at radius 1 is 0.917 bits per heavy atom. The Kier molecular flexibility index (Phi) is 7.08. The summed E-state index contributed by atoms with van der Waals surface area (Å²) in [4.78, 5) is 45.1. The Labute approximate surface area is 226 Å². The lowest BCUT2D eigenvalue weighted by atomic mass is 10.2. The van der Waals surface area contributed by atoms with Crippen LogP contribution in [0.25, 0.3) is 20.4 Å². The minimum absolute atomic E-state index is 0.0435. The number of carbonyl (C=O) groups excluding carboxylic acids is 2. The number of aromatic nitrogens is 3. The highest BCUT2D eigenvalue weighted by Gasteiger charge is 2.33. The molecule has 3 aromatic heterocycles. The van der Waals surface area contributed by atoms with E-state index < -0.39 is 10.7 Å². The fourth-order valence-electron chi connectivity index (χ4n) is 2.90. The monoisotopic (exact) mass is 571 g/mol. The molecule has 0 unspecified atom stereocenters. The summed E-state index contributed by atoms with van der Waals surface area (Å²) in [7, 11) is 0. The third-order valence-electron chi connectivity index (χ3n) is 4.72. The number of thioether (sulfide) groups is 2. The van der Waals surface area contributed by atoms with Crippen LogP contribution in [0.4, 0.5) is 5.13 Å². The Morgan fingerprint density at radius 3 is 2.06 bits per heavy atom. The third kappa shape index (κ3) is 5.44. The van der Waals surface area contributed by atoms with Gasteiger partial charge in [0.25, 0.3) is 0 Å². The zero-order valence-electron chi connectivity index (χ0n) is 18.8. The molecule has 36 heavy (non-hydrogen) atoms. The molecule has 2 aromatic carbocycles. The largest absolute Gasteiger partial charge is 0.380 e. The Hall–Kier alpha value is -2.84. The molecule has 3 heterocycles. The molecule has 13 heteroatoms. The summed E-state index contributed by atoms with van der Waals surface area (Å²) in [5.74, 6) is 0. The molecular formula is C23H17N5O3S5. The quantitative estimate of drug-likeness (QED) is 0.141. The fraction of sp³-hybridized carbons (Fsp3) is 0.130. The van der Waals surface area contributed by atoms with E-state index in [-0.39, 0.29) is 21.7 Å². The van der Waals surface area contributed by atoms with Crippen LogP contribution in [0.2, 0.25) is 0 Å². The van der Waals surface area contributed by atoms with Crippen LogP contribution < -0.4 is 5.73 Å². The van der Waals surface area contributed by atoms with Crippen molar-refractivity contribution in [3.05, 3.63) is 59.6 Å². The number of benzene rings is 2. The maximum Gasteiger partial charge on any atom is 0.250 e. The molecule has 0 fully saturated rings. The van der Waals surface area contributed by atoms with Crippen molar-refractivity contribution < 1.29 is 14.4 Å². The number of nitrogens with zero attached hydrogens (tertiary/aromatic N) is 4. The van der Waals surface area contributed by atoms with Gasteiger partial charge in [-0.15, -0.1) is 34.0 Å². The Bertz CT molecular complexity index is 1550. The third-order valence-corrected chi connectivity index (χ3v) is 9.65. The van der Waals surface area contributed by atoms with E-state index in [1.54, 1.807) is 19.2 Å². The summed E-state index contributed by atoms with van der Waals surface area (Å²) in [6.07, 6.45) is 0. The van der Waals surface area contributed by atoms with Crippen LogP contribution in [0.5, 0.6) is 0 Å². The Balaban J connectivity index is 1.36. The predicted molar refractivity (Wildman–Crippen MR) is 149 cm³/mol. The van der Waals surface area contributed by atoms with E-state index in [1.807, 2.05) is 48.5 Å². The highest BCUT2D eigenvalue weighted by atomic mass is 32.2. The predicted octanol–water partition coefficient (Wildman–Crippen LogP) is 6.08. The first-order valence-electron chi connectivity index (χ1n) is 10.4. The average molecular weight is 572 g/mol. The van der Waals surface area contributed by atoms with E-state index in [9.17, 15) is 9.59 Å². The second-order valence-electron chi connectivity index (χ2n) is 7.79. The number of para-hydroxylation sites is 2. The van der Waals surface area contributed by atoms with Gasteiger partial charge in [0.1, 0.15) is 5.69 Å². The van der Waals surface area contributed by atoms with Crippen molar-refractivity contribution in [2.45, 2.75) is 28.1 Å². The summed E-state index contributed by atoms with van der Waals surface area (Å²) < 4.78 is 3.14. The molecular weight excluding hydrogens is 555 g/mol. The standard InChI is InChI=1S/C23H17N5O3S5/c1-23(2,19(30)36-22-27-13-8-4-6-10-16(13)34-22)31-28-17(14-11-32-20(24)25-14)18(29)35-21-26-12-7-3-5-9-15(12)33-21/h3-11H,1-2H3,(H2,24,25)/b28-17-. The molecule has 5 aromatic rings. The van der Waals surface area contributed by atoms with Crippen LogP contribution in [0.15, 0.2) is 67.7 Å². The van der Waals surface area contributed by atoms with E-state index in [0.29, 0.717) is 8.68 Å². The molecule has 0 atom stereocenters. The second kappa shape index (κ2) is 10.3. The zero-order valence-corrected chi connectivity index (χ0v) is 22.9. The van der Waals surface area contributed by atoms with Gasteiger partial charge in [-0.3, -0.25) is 9.59 Å². The van der Waals surface area contributed by atoms with Gasteiger partial charge in [0, 0.05) is 5.38 Å². The number of fused-ring (bicyclic) bond motifs is 2. The number of oxime groups is 1. The van der Waals surface area contributed by atoms with E-state index in [0.717, 1.165) is 44.0 Å². The summed E-state index contributed by atoms with van der Waals surface area (Å²) >= 11 is 5.93. The van der Waals surface area contributed by atoms with Crippen molar-refractivity contribution in [1.29, 1.82) is 0 Å². The lowest BCUT2D eigenvalue weighted by Gasteiger charge is -2.19. The normalized spacial score (nSPS) is 12.3. The molecule has 0 aliphatic heterocycles. The molecule has 0 saturated carbocycles. The first kappa shape index (κ1) is 24.8. The van der Waals surface area contributed by atoms with Crippen LogP contribution in [0.1, 0.15) is 19.5 Å². The van der Waals surface area contributed by atoms with E-state index in [2.05, 4.69) is 20.1 Å². The molecule has 0 bridgehead atoms. The van der Waals surface area contributed by atoms with Crippen molar-refractivity contribution in [3.8, 4) is 0 Å². The van der Waals surface area contributed by atoms with Gasteiger partial charge in [0.2, 0.25) is 10.2 Å². The van der Waals surface area contributed by atoms with Crippen LogP contribution in [0.3, 0.4) is 0 Å². The minimum atomic E-state index is -1.34. The maximum absolute atomic E-state index is 13.2. The van der Waals surface area contributed by atoms with Gasteiger partial charge in [0.15, 0.2) is 25.1 Å². The van der Waals surface area contributed by atoms with Gasteiger partial charge in [-0.25, -0.2) is 15.0 Å². The average Bonchev–Trinajstić information content (AvgIpc) is 3.56. The van der Waals surface area contributed by atoms with Crippen molar-refractivity contribution >= 4 is 99.0 Å². The lowest BCUT2D eigenvalue weighted by Crippen LogP contribution is -2.32. The molecule has 0 radical (unpaired) electrons. The summed E-state index contributed by atoms with van der Waals surface area (Å²) in [5, 5.41) is 5.30. The first-order valence-corrected chi connectivity index (χ1v) is 14.6. The maximum atomic E-state index is 13.2. The number of anilines is 1. The number of nitrogen functional groups attached to an aromatic ring is 1. The van der Waals surface area contributed by atoms with Gasteiger partial charge >= 0.3 is 0 Å². The van der Waals surface area contributed by atoms with Crippen molar-refractivity contribution in [2.75, 3.05) is 5.73 Å². The van der Waals surface area contributed by atoms with Crippen molar-refractivity contribution in [1.82, 2.24) is 15.0 Å². The number of carbonyl (C=O) groups is 2. The molecule has 8 nitrogen and oxygen atoms in total. The van der Waals surface area contributed by atoms with Gasteiger partial charge in [-0.05, 0) is 61.6 Å². The summed E-state index contributed by atoms with van der Waals surface area (Å²) in [5.41, 5.74) is 6.32. The SMILES string of the molecule is CC(C)(O/N=C(\C(=O)Sc1nc2ccccc2s1)c1csc(N)n1)C(=O)Sc1nc2ccccc2s1. The van der Waals surface area contributed by atoms with Crippen molar-refractivity contribution in [2.24, 2.45) is 5.16 Å². The van der Waals surface area contributed by atoms with Crippen LogP contribution in [-0.2, 0) is 14.4 Å². The number of hydrogen-bond acceptors (Lipinski definition) is 13. The first-order chi connectivity index (χ1) is 17.3. The molecule has 0 amide bonds. The smallest absolute Gasteiger partial charge is 0.250 e. The topological polar surface area (TPSA) is 120 Å². The molecule has 0 saturated heterocycles. The molecule has 0 aliphatic carbocycles. The van der Waals surface area contributed by atoms with E-state index in [4.69, 9.17) is 10.6 Å². The van der Waals surface area contributed by atoms with Crippen LogP contribution in [0, 0.1) is 0 Å². The van der Waals surface area contributed by atoms with Crippen molar-refractivity contribution in [3.63, 3.8) is 0 Å². The fourth-order valence-corrected chi connectivity index (χ4v) is 7.30. The van der Waals surface area contributed by atoms with E-state index in [1.165, 1.54) is 34.0 Å². The van der Waals surface area contributed by atoms with Crippen LogP contribution >= 0.6 is 57.5 Å². The molecule has 0 spiro atoms. The van der Waals surface area contributed by atoms with Gasteiger partial charge in [-0.2, -0.15) is 0 Å². The number of rotatable bonds is 7. The van der Waals surface area contributed by atoms with Gasteiger partial charge in [0.05, 0.1) is 20.4 Å². The van der Waals surface area contributed by atoms with Gasteiger partial charge in [-0.1, -0.05) is 29.4 Å². The minimum Gasteiger partial charge on any atom is -0.380 e. The van der Waals surface area contributed by atoms with E-state index >= 15 is 0 Å². The number of nitrogens with two attached hydrogens (primary N) is 1. The molecule has 182 valence electrons.